The first-order valence-electron chi connectivity index (χ1n) is 4.04. The monoisotopic (exact) mass is 166 g/mol. The van der Waals surface area contributed by atoms with E-state index < -0.39 is 5.97 Å². The fourth-order valence-corrected chi connectivity index (χ4v) is 1.69. The summed E-state index contributed by atoms with van der Waals surface area (Å²) >= 11 is 0. The summed E-state index contributed by atoms with van der Waals surface area (Å²) in [6, 6.07) is 0. The second-order valence-corrected chi connectivity index (χ2v) is 4.45. The number of rotatable bonds is 0. The van der Waals surface area contributed by atoms with Crippen molar-refractivity contribution in [3.8, 4) is 11.8 Å². The fraction of sp³-hybridized carbons (Fsp3) is 0.700. The molecule has 0 unspecified atom stereocenters. The maximum atomic E-state index is 10.2. The molecule has 1 N–H and O–H groups in total. The van der Waals surface area contributed by atoms with E-state index in [1.165, 1.54) is 0 Å². The predicted octanol–water partition coefficient (Wildman–Crippen LogP) is 1.76. The van der Waals surface area contributed by atoms with E-state index >= 15 is 0 Å². The van der Waals surface area contributed by atoms with Gasteiger partial charge in [-0.05, 0) is 10.8 Å². The molecule has 0 spiro atoms. The van der Waals surface area contributed by atoms with Crippen molar-refractivity contribution in [1.82, 2.24) is 0 Å². The Morgan fingerprint density at radius 3 is 1.92 bits per heavy atom. The first-order chi connectivity index (χ1) is 5.30. The van der Waals surface area contributed by atoms with Crippen LogP contribution >= 0.6 is 0 Å². The molecular weight excluding hydrogens is 152 g/mol. The van der Waals surface area contributed by atoms with Crippen LogP contribution in [0.5, 0.6) is 0 Å². The highest BCUT2D eigenvalue weighted by molar-refractivity contribution is 5.86. The van der Waals surface area contributed by atoms with Gasteiger partial charge in [-0.25, -0.2) is 4.79 Å². The van der Waals surface area contributed by atoms with Crippen molar-refractivity contribution < 1.29 is 9.90 Å². The average molecular weight is 166 g/mol. The van der Waals surface area contributed by atoms with Gasteiger partial charge in [0.25, 0.3) is 0 Å². The first kappa shape index (κ1) is 9.12. The lowest BCUT2D eigenvalue weighted by atomic mass is 10.0. The van der Waals surface area contributed by atoms with Crippen LogP contribution in [0.15, 0.2) is 0 Å². The van der Waals surface area contributed by atoms with Crippen LogP contribution in [-0.2, 0) is 4.79 Å². The Labute approximate surface area is 73.0 Å². The van der Waals surface area contributed by atoms with Crippen LogP contribution in [0.2, 0.25) is 0 Å². The minimum Gasteiger partial charge on any atom is -0.472 e. The maximum absolute atomic E-state index is 10.2. The van der Waals surface area contributed by atoms with Crippen LogP contribution in [0, 0.1) is 28.6 Å². The van der Waals surface area contributed by atoms with E-state index in [2.05, 4.69) is 39.5 Å². The Morgan fingerprint density at radius 1 is 1.25 bits per heavy atom. The number of hydrogen-bond acceptors (Lipinski definition) is 1. The molecule has 0 aromatic carbocycles. The van der Waals surface area contributed by atoms with Crippen molar-refractivity contribution in [2.24, 2.45) is 16.7 Å². The Morgan fingerprint density at radius 2 is 1.67 bits per heavy atom. The Kier molecular flexibility index (Phi) is 1.72. The minimum absolute atomic E-state index is 0.162. The van der Waals surface area contributed by atoms with Crippen LogP contribution in [-0.4, -0.2) is 11.1 Å². The topological polar surface area (TPSA) is 37.3 Å². The molecule has 0 radical (unpaired) electrons. The molecule has 12 heavy (non-hydrogen) atoms. The normalized spacial score (nSPS) is 24.0. The molecule has 1 saturated carbocycles. The van der Waals surface area contributed by atoms with Gasteiger partial charge in [0.05, 0.1) is 0 Å². The molecule has 2 heteroatoms. The van der Waals surface area contributed by atoms with Crippen LogP contribution < -0.4 is 0 Å². The third-order valence-corrected chi connectivity index (χ3v) is 3.34. The summed E-state index contributed by atoms with van der Waals surface area (Å²) in [5.74, 6) is 4.16. The van der Waals surface area contributed by atoms with Crippen LogP contribution in [0.3, 0.4) is 0 Å². The minimum atomic E-state index is -1.03. The van der Waals surface area contributed by atoms with Crippen molar-refractivity contribution in [3.05, 3.63) is 0 Å². The first-order valence-corrected chi connectivity index (χ1v) is 4.04. The largest absolute Gasteiger partial charge is 0.472 e. The second-order valence-electron chi connectivity index (χ2n) is 4.45. The quantitative estimate of drug-likeness (QED) is 0.557. The molecule has 1 fully saturated rings. The summed E-state index contributed by atoms with van der Waals surface area (Å²) < 4.78 is 0. The lowest BCUT2D eigenvalue weighted by Crippen LogP contribution is -1.95. The highest BCUT2D eigenvalue weighted by Crippen LogP contribution is 2.67. The average Bonchev–Trinajstić information content (AvgIpc) is 2.21. The molecule has 0 heterocycles. The number of carboxylic acids is 1. The van der Waals surface area contributed by atoms with Gasteiger partial charge in [0.1, 0.15) is 0 Å². The van der Waals surface area contributed by atoms with E-state index in [1.807, 2.05) is 0 Å². The van der Waals surface area contributed by atoms with E-state index in [0.29, 0.717) is 0 Å². The highest BCUT2D eigenvalue weighted by atomic mass is 16.4. The molecule has 0 aromatic rings. The summed E-state index contributed by atoms with van der Waals surface area (Å²) in [4.78, 5) is 10.2. The summed E-state index contributed by atoms with van der Waals surface area (Å²) in [5.41, 5.74) is 0.324. The predicted molar refractivity (Wildman–Crippen MR) is 46.5 cm³/mol. The third kappa shape index (κ3) is 1.10. The lowest BCUT2D eigenvalue weighted by Gasteiger charge is -2.03. The zero-order valence-corrected chi connectivity index (χ0v) is 7.93. The van der Waals surface area contributed by atoms with Crippen LogP contribution in [0.25, 0.3) is 0 Å². The van der Waals surface area contributed by atoms with Crippen LogP contribution in [0.1, 0.15) is 27.7 Å². The van der Waals surface area contributed by atoms with Crippen molar-refractivity contribution in [2.75, 3.05) is 0 Å². The Bertz CT molecular complexity index is 262. The number of carboxylic acid groups (broad SMARTS) is 1. The van der Waals surface area contributed by atoms with E-state index in [1.54, 1.807) is 0 Å². The molecule has 1 aliphatic carbocycles. The second kappa shape index (κ2) is 2.26. The standard InChI is InChI=1S/C10H14O2/c1-9(2)7(10(9,3)4)5-6-8(11)12/h7H,1-4H3,(H,11,12). The Hall–Kier alpha value is -0.970. The molecule has 66 valence electrons. The number of hydrogen-bond donors (Lipinski definition) is 1. The van der Waals surface area contributed by atoms with E-state index in [9.17, 15) is 4.79 Å². The number of aliphatic carboxylic acids is 1. The summed E-state index contributed by atoms with van der Waals surface area (Å²) in [5, 5.41) is 8.36. The van der Waals surface area contributed by atoms with Gasteiger partial charge in [0.15, 0.2) is 0 Å². The number of carbonyl (C=O) groups is 1. The smallest absolute Gasteiger partial charge is 0.381 e. The lowest BCUT2D eigenvalue weighted by molar-refractivity contribution is -0.130. The van der Waals surface area contributed by atoms with Gasteiger partial charge in [-0.3, -0.25) is 0 Å². The molecule has 0 amide bonds. The van der Waals surface area contributed by atoms with Gasteiger partial charge >= 0.3 is 5.97 Å². The van der Waals surface area contributed by atoms with Gasteiger partial charge in [-0.1, -0.05) is 33.6 Å². The van der Waals surface area contributed by atoms with Gasteiger partial charge in [0.2, 0.25) is 0 Å². The zero-order valence-electron chi connectivity index (χ0n) is 7.93. The molecule has 0 aromatic heterocycles. The van der Waals surface area contributed by atoms with Crippen molar-refractivity contribution in [1.29, 1.82) is 0 Å². The van der Waals surface area contributed by atoms with Crippen molar-refractivity contribution in [2.45, 2.75) is 27.7 Å². The van der Waals surface area contributed by atoms with E-state index in [4.69, 9.17) is 5.11 Å². The Balaban J connectivity index is 2.74. The van der Waals surface area contributed by atoms with Gasteiger partial charge < -0.3 is 5.11 Å². The van der Waals surface area contributed by atoms with Crippen molar-refractivity contribution >= 4 is 5.97 Å². The summed E-state index contributed by atoms with van der Waals surface area (Å²) in [7, 11) is 0. The van der Waals surface area contributed by atoms with Gasteiger partial charge in [-0.2, -0.15) is 0 Å². The SMILES string of the molecule is CC1(C)C(C#CC(=O)O)C1(C)C. The maximum Gasteiger partial charge on any atom is 0.381 e. The molecular formula is C10H14O2. The summed E-state index contributed by atoms with van der Waals surface area (Å²) in [6.45, 7) is 8.48. The van der Waals surface area contributed by atoms with Gasteiger partial charge in [-0.15, -0.1) is 0 Å². The fourth-order valence-electron chi connectivity index (χ4n) is 1.69. The zero-order chi connectivity index (χ0) is 9.57. The highest BCUT2D eigenvalue weighted by Gasteiger charge is 2.64. The summed E-state index contributed by atoms with van der Waals surface area (Å²) in [6.07, 6.45) is 0. The molecule has 1 rings (SSSR count). The molecule has 0 atom stereocenters. The molecule has 2 nitrogen and oxygen atoms in total. The molecule has 0 bridgehead atoms. The molecule has 0 saturated heterocycles. The van der Waals surface area contributed by atoms with Crippen molar-refractivity contribution in [3.63, 3.8) is 0 Å². The van der Waals surface area contributed by atoms with Crippen LogP contribution in [0.4, 0.5) is 0 Å². The van der Waals surface area contributed by atoms with Gasteiger partial charge in [0, 0.05) is 11.8 Å². The molecule has 1 aliphatic rings. The van der Waals surface area contributed by atoms with E-state index in [-0.39, 0.29) is 16.7 Å². The van der Waals surface area contributed by atoms with E-state index in [0.717, 1.165) is 0 Å². The molecule has 0 aliphatic heterocycles. The third-order valence-electron chi connectivity index (χ3n) is 3.34.